The summed E-state index contributed by atoms with van der Waals surface area (Å²) in [4.78, 5) is 37.2. The standard InChI is InChI=1S/C18H31NO8/c1-7-10-26-17(22)19(11-16(21)24-6)14(12-25-13-23-5)8-9-15(20)27-18(2,3)4/h7,14H,1,8-13H2,2-6H3/t14-/m0/s1. The van der Waals surface area contributed by atoms with Crippen LogP contribution in [0.3, 0.4) is 0 Å². The van der Waals surface area contributed by atoms with Gasteiger partial charge in [-0.2, -0.15) is 0 Å². The quantitative estimate of drug-likeness (QED) is 0.164. The van der Waals surface area contributed by atoms with Crippen molar-refractivity contribution in [3.05, 3.63) is 12.7 Å². The Balaban J connectivity index is 5.19. The van der Waals surface area contributed by atoms with Crippen molar-refractivity contribution in [3.8, 4) is 0 Å². The predicted molar refractivity (Wildman–Crippen MR) is 97.0 cm³/mol. The third-order valence-electron chi connectivity index (χ3n) is 3.14. The fourth-order valence-electron chi connectivity index (χ4n) is 2.03. The number of nitrogens with zero attached hydrogens (tertiary/aromatic N) is 1. The van der Waals surface area contributed by atoms with Gasteiger partial charge in [0.15, 0.2) is 0 Å². The van der Waals surface area contributed by atoms with E-state index in [-0.39, 0.29) is 39.4 Å². The summed E-state index contributed by atoms with van der Waals surface area (Å²) in [7, 11) is 2.67. The maximum Gasteiger partial charge on any atom is 0.410 e. The number of hydrogen-bond donors (Lipinski definition) is 0. The highest BCUT2D eigenvalue weighted by atomic mass is 16.7. The number of carbonyl (C=O) groups is 3. The van der Waals surface area contributed by atoms with Gasteiger partial charge in [-0.05, 0) is 27.2 Å². The molecule has 0 unspecified atom stereocenters. The largest absolute Gasteiger partial charge is 0.468 e. The normalized spacial score (nSPS) is 12.0. The Hall–Kier alpha value is -2.13. The van der Waals surface area contributed by atoms with Crippen LogP contribution in [-0.4, -0.2) is 75.3 Å². The number of rotatable bonds is 12. The van der Waals surface area contributed by atoms with Gasteiger partial charge in [0, 0.05) is 13.5 Å². The first-order chi connectivity index (χ1) is 12.6. The van der Waals surface area contributed by atoms with E-state index in [1.807, 2.05) is 0 Å². The van der Waals surface area contributed by atoms with Gasteiger partial charge >= 0.3 is 18.0 Å². The first-order valence-electron chi connectivity index (χ1n) is 8.54. The zero-order valence-corrected chi connectivity index (χ0v) is 16.8. The first-order valence-corrected chi connectivity index (χ1v) is 8.54. The van der Waals surface area contributed by atoms with Gasteiger partial charge in [-0.25, -0.2) is 4.79 Å². The van der Waals surface area contributed by atoms with E-state index >= 15 is 0 Å². The molecule has 0 spiro atoms. The number of methoxy groups -OCH3 is 2. The fraction of sp³-hybridized carbons (Fsp3) is 0.722. The van der Waals surface area contributed by atoms with Crippen molar-refractivity contribution in [2.45, 2.75) is 45.3 Å². The molecule has 0 saturated carbocycles. The Labute approximate surface area is 160 Å². The van der Waals surface area contributed by atoms with E-state index in [1.165, 1.54) is 20.3 Å². The third-order valence-corrected chi connectivity index (χ3v) is 3.14. The SMILES string of the molecule is C=CCOC(=O)N(CC(=O)OC)[C@@H](CCC(=O)OC(C)(C)C)COCOC. The molecule has 0 aliphatic rings. The number of amides is 1. The molecule has 27 heavy (non-hydrogen) atoms. The maximum atomic E-state index is 12.3. The van der Waals surface area contributed by atoms with E-state index in [1.54, 1.807) is 20.8 Å². The summed E-state index contributed by atoms with van der Waals surface area (Å²) in [6.07, 6.45) is 0.907. The average Bonchev–Trinajstić information content (AvgIpc) is 2.59. The van der Waals surface area contributed by atoms with Gasteiger partial charge in [0.2, 0.25) is 0 Å². The molecule has 0 aromatic carbocycles. The van der Waals surface area contributed by atoms with E-state index in [2.05, 4.69) is 11.3 Å². The van der Waals surface area contributed by atoms with Gasteiger partial charge in [-0.1, -0.05) is 12.7 Å². The summed E-state index contributed by atoms with van der Waals surface area (Å²) in [5.41, 5.74) is -0.617. The van der Waals surface area contributed by atoms with Crippen LogP contribution in [0.2, 0.25) is 0 Å². The lowest BCUT2D eigenvalue weighted by atomic mass is 10.1. The van der Waals surface area contributed by atoms with Crippen LogP contribution in [0.5, 0.6) is 0 Å². The highest BCUT2D eigenvalue weighted by Gasteiger charge is 2.29. The molecule has 0 aliphatic heterocycles. The minimum atomic E-state index is -0.740. The van der Waals surface area contributed by atoms with E-state index in [0.29, 0.717) is 0 Å². The molecule has 1 atom stereocenters. The summed E-state index contributed by atoms with van der Waals surface area (Å²) >= 11 is 0. The smallest absolute Gasteiger partial charge is 0.410 e. The molecule has 0 aromatic rings. The highest BCUT2D eigenvalue weighted by molar-refractivity contribution is 5.78. The Kier molecular flexibility index (Phi) is 12.1. The Morgan fingerprint density at radius 3 is 2.33 bits per heavy atom. The third kappa shape index (κ3) is 12.0. The molecule has 0 bridgehead atoms. The Bertz CT molecular complexity index is 486. The van der Waals surface area contributed by atoms with Gasteiger partial charge in [0.25, 0.3) is 0 Å². The molecule has 0 rings (SSSR count). The summed E-state index contributed by atoms with van der Waals surface area (Å²) in [6.45, 7) is 8.44. The second kappa shape index (κ2) is 13.1. The van der Waals surface area contributed by atoms with Crippen LogP contribution in [0.15, 0.2) is 12.7 Å². The van der Waals surface area contributed by atoms with Crippen LogP contribution in [0.1, 0.15) is 33.6 Å². The minimum Gasteiger partial charge on any atom is -0.468 e. The van der Waals surface area contributed by atoms with E-state index in [0.717, 1.165) is 4.90 Å². The molecule has 0 radical (unpaired) electrons. The summed E-state index contributed by atoms with van der Waals surface area (Å²) < 4.78 is 25.1. The van der Waals surface area contributed by atoms with Crippen molar-refractivity contribution in [3.63, 3.8) is 0 Å². The van der Waals surface area contributed by atoms with Crippen molar-refractivity contribution in [1.29, 1.82) is 0 Å². The number of hydrogen-bond acceptors (Lipinski definition) is 8. The molecule has 9 heteroatoms. The fourth-order valence-corrected chi connectivity index (χ4v) is 2.03. The van der Waals surface area contributed by atoms with E-state index < -0.39 is 29.7 Å². The lowest BCUT2D eigenvalue weighted by Gasteiger charge is -2.30. The van der Waals surface area contributed by atoms with Crippen molar-refractivity contribution in [2.24, 2.45) is 0 Å². The highest BCUT2D eigenvalue weighted by Crippen LogP contribution is 2.14. The molecule has 0 heterocycles. The molecule has 9 nitrogen and oxygen atoms in total. The van der Waals surface area contributed by atoms with Crippen molar-refractivity contribution >= 4 is 18.0 Å². The summed E-state index contributed by atoms with van der Waals surface area (Å²) in [5.74, 6) is -1.05. The van der Waals surface area contributed by atoms with Crippen molar-refractivity contribution in [2.75, 3.05) is 40.8 Å². The van der Waals surface area contributed by atoms with Crippen LogP contribution < -0.4 is 0 Å². The molecule has 0 aliphatic carbocycles. The van der Waals surface area contributed by atoms with Crippen LogP contribution in [-0.2, 0) is 33.3 Å². The molecule has 0 N–H and O–H groups in total. The van der Waals surface area contributed by atoms with E-state index in [4.69, 9.17) is 18.9 Å². The average molecular weight is 389 g/mol. The number of ether oxygens (including phenoxy) is 5. The van der Waals surface area contributed by atoms with Gasteiger partial charge in [-0.15, -0.1) is 0 Å². The van der Waals surface area contributed by atoms with Crippen molar-refractivity contribution in [1.82, 2.24) is 4.90 Å². The van der Waals surface area contributed by atoms with Crippen LogP contribution >= 0.6 is 0 Å². The second-order valence-corrected chi connectivity index (χ2v) is 6.63. The van der Waals surface area contributed by atoms with Crippen LogP contribution in [0.4, 0.5) is 4.79 Å². The first kappa shape index (κ1) is 24.9. The molecule has 0 fully saturated rings. The monoisotopic (exact) mass is 389 g/mol. The molecule has 0 saturated heterocycles. The lowest BCUT2D eigenvalue weighted by molar-refractivity contribution is -0.155. The predicted octanol–water partition coefficient (Wildman–Crippen LogP) is 1.89. The molecular weight excluding hydrogens is 358 g/mol. The summed E-state index contributed by atoms with van der Waals surface area (Å²) in [5, 5.41) is 0. The van der Waals surface area contributed by atoms with Gasteiger partial charge in [0.05, 0.1) is 19.8 Å². The zero-order chi connectivity index (χ0) is 20.9. The number of esters is 2. The molecule has 1 amide bonds. The molecule has 0 aromatic heterocycles. The second-order valence-electron chi connectivity index (χ2n) is 6.63. The van der Waals surface area contributed by atoms with Gasteiger partial charge < -0.3 is 23.7 Å². The van der Waals surface area contributed by atoms with Gasteiger partial charge in [-0.3, -0.25) is 14.5 Å². The molecule has 156 valence electrons. The van der Waals surface area contributed by atoms with Gasteiger partial charge in [0.1, 0.15) is 25.5 Å². The Morgan fingerprint density at radius 1 is 1.15 bits per heavy atom. The number of carbonyl (C=O) groups excluding carboxylic acids is 3. The minimum absolute atomic E-state index is 0.00327. The molecular formula is C18H31NO8. The zero-order valence-electron chi connectivity index (χ0n) is 16.8. The Morgan fingerprint density at radius 2 is 1.81 bits per heavy atom. The van der Waals surface area contributed by atoms with Crippen LogP contribution in [0.25, 0.3) is 0 Å². The van der Waals surface area contributed by atoms with Crippen molar-refractivity contribution < 1.29 is 38.1 Å². The van der Waals surface area contributed by atoms with Crippen LogP contribution in [0, 0.1) is 0 Å². The van der Waals surface area contributed by atoms with E-state index in [9.17, 15) is 14.4 Å². The topological polar surface area (TPSA) is 101 Å². The lowest BCUT2D eigenvalue weighted by Crippen LogP contribution is -2.46. The maximum absolute atomic E-state index is 12.3. The summed E-state index contributed by atoms with van der Waals surface area (Å²) in [6, 6.07) is -0.621.